The monoisotopic (exact) mass is 385 g/mol. The lowest BCUT2D eigenvalue weighted by Gasteiger charge is -2.09. The molecule has 1 fully saturated rings. The van der Waals surface area contributed by atoms with Crippen molar-refractivity contribution in [3.8, 4) is 0 Å². The highest BCUT2D eigenvalue weighted by Crippen LogP contribution is 2.34. The van der Waals surface area contributed by atoms with E-state index >= 15 is 0 Å². The third-order valence-corrected chi connectivity index (χ3v) is 5.48. The van der Waals surface area contributed by atoms with E-state index in [1.807, 2.05) is 37.3 Å². The standard InChI is InChI=1S/C18H15N3O3S2/c1-2-9-21-16(22)14(25-18(21)23)10-11-7-8-15(24-11)26-17-19-12-5-3-4-6-13(12)20-17/h3-8,10H,2,9H2,1H3,(H,19,20)/b14-10+. The number of para-hydroxylation sites is 2. The van der Waals surface area contributed by atoms with Gasteiger partial charge in [0.15, 0.2) is 10.2 Å². The Bertz CT molecular complexity index is 989. The van der Waals surface area contributed by atoms with E-state index in [1.165, 1.54) is 16.7 Å². The lowest BCUT2D eigenvalue weighted by atomic mass is 10.3. The van der Waals surface area contributed by atoms with Crippen molar-refractivity contribution in [2.75, 3.05) is 6.54 Å². The molecule has 1 aliphatic heterocycles. The van der Waals surface area contributed by atoms with E-state index in [9.17, 15) is 9.59 Å². The van der Waals surface area contributed by atoms with Crippen LogP contribution in [0, 0.1) is 0 Å². The van der Waals surface area contributed by atoms with Gasteiger partial charge in [0.1, 0.15) is 5.76 Å². The van der Waals surface area contributed by atoms with E-state index < -0.39 is 0 Å². The second-order valence-corrected chi connectivity index (χ2v) is 7.64. The Morgan fingerprint density at radius 2 is 2.12 bits per heavy atom. The van der Waals surface area contributed by atoms with Gasteiger partial charge in [0.25, 0.3) is 11.1 Å². The summed E-state index contributed by atoms with van der Waals surface area (Å²) in [4.78, 5) is 33.5. The summed E-state index contributed by atoms with van der Waals surface area (Å²) in [6.07, 6.45) is 2.35. The maximum atomic E-state index is 12.3. The first-order chi connectivity index (χ1) is 12.6. The summed E-state index contributed by atoms with van der Waals surface area (Å²) < 4.78 is 5.76. The zero-order valence-electron chi connectivity index (χ0n) is 13.9. The van der Waals surface area contributed by atoms with Gasteiger partial charge in [-0.1, -0.05) is 19.1 Å². The van der Waals surface area contributed by atoms with Crippen molar-refractivity contribution in [3.63, 3.8) is 0 Å². The number of H-pyrrole nitrogens is 1. The normalized spacial score (nSPS) is 16.3. The maximum absolute atomic E-state index is 12.3. The molecule has 3 heterocycles. The Labute approximate surface area is 158 Å². The fourth-order valence-electron chi connectivity index (χ4n) is 2.59. The van der Waals surface area contributed by atoms with E-state index in [0.29, 0.717) is 22.3 Å². The van der Waals surface area contributed by atoms with Crippen molar-refractivity contribution < 1.29 is 14.0 Å². The Balaban J connectivity index is 1.51. The number of amides is 2. The lowest BCUT2D eigenvalue weighted by Crippen LogP contribution is -2.28. The first kappa shape index (κ1) is 17.0. The number of furan rings is 1. The number of fused-ring (bicyclic) bond motifs is 1. The van der Waals surface area contributed by atoms with Crippen molar-refractivity contribution in [3.05, 3.63) is 47.1 Å². The van der Waals surface area contributed by atoms with E-state index in [1.54, 1.807) is 12.1 Å². The van der Waals surface area contributed by atoms with Gasteiger partial charge >= 0.3 is 0 Å². The Morgan fingerprint density at radius 1 is 1.27 bits per heavy atom. The largest absolute Gasteiger partial charge is 0.450 e. The van der Waals surface area contributed by atoms with Crippen LogP contribution in [0.3, 0.4) is 0 Å². The number of carbonyl (C=O) groups excluding carboxylic acids is 2. The summed E-state index contributed by atoms with van der Waals surface area (Å²) in [5.41, 5.74) is 1.86. The number of hydrogen-bond acceptors (Lipinski definition) is 6. The number of nitrogens with one attached hydrogen (secondary N) is 1. The van der Waals surface area contributed by atoms with Crippen LogP contribution in [0.4, 0.5) is 4.79 Å². The molecule has 0 atom stereocenters. The first-order valence-corrected chi connectivity index (χ1v) is 9.75. The average molecular weight is 385 g/mol. The Kier molecular flexibility index (Phi) is 4.60. The van der Waals surface area contributed by atoms with Crippen molar-refractivity contribution in [2.24, 2.45) is 0 Å². The number of hydrogen-bond donors (Lipinski definition) is 1. The smallest absolute Gasteiger partial charge is 0.293 e. The second kappa shape index (κ2) is 7.05. The molecule has 2 amide bonds. The van der Waals surface area contributed by atoms with Crippen molar-refractivity contribution >= 4 is 51.8 Å². The third kappa shape index (κ3) is 3.30. The lowest BCUT2D eigenvalue weighted by molar-refractivity contribution is -0.122. The molecule has 132 valence electrons. The van der Waals surface area contributed by atoms with Crippen LogP contribution in [0.25, 0.3) is 17.1 Å². The summed E-state index contributed by atoms with van der Waals surface area (Å²) in [7, 11) is 0. The maximum Gasteiger partial charge on any atom is 0.293 e. The predicted octanol–water partition coefficient (Wildman–Crippen LogP) is 4.75. The molecule has 3 aromatic rings. The molecule has 0 aliphatic carbocycles. The minimum atomic E-state index is -0.260. The molecular formula is C18H15N3O3S2. The van der Waals surface area contributed by atoms with Crippen LogP contribution in [0.5, 0.6) is 0 Å². The van der Waals surface area contributed by atoms with Crippen LogP contribution in [0.1, 0.15) is 19.1 Å². The van der Waals surface area contributed by atoms with E-state index in [0.717, 1.165) is 34.4 Å². The Hall–Kier alpha value is -2.45. The number of imidazole rings is 1. The molecule has 4 rings (SSSR count). The van der Waals surface area contributed by atoms with E-state index in [4.69, 9.17) is 4.42 Å². The summed E-state index contributed by atoms with van der Waals surface area (Å²) in [6.45, 7) is 2.37. The number of carbonyl (C=O) groups is 2. The molecule has 6 nitrogen and oxygen atoms in total. The zero-order chi connectivity index (χ0) is 18.1. The molecule has 0 spiro atoms. The predicted molar refractivity (Wildman–Crippen MR) is 102 cm³/mol. The summed E-state index contributed by atoms with van der Waals surface area (Å²) in [5, 5.41) is 1.16. The number of rotatable bonds is 5. The highest BCUT2D eigenvalue weighted by Gasteiger charge is 2.34. The molecular weight excluding hydrogens is 370 g/mol. The van der Waals surface area contributed by atoms with Crippen LogP contribution in [-0.4, -0.2) is 32.6 Å². The average Bonchev–Trinajstić information content (AvgIpc) is 3.30. The van der Waals surface area contributed by atoms with Gasteiger partial charge in [-0.2, -0.15) is 0 Å². The number of aromatic nitrogens is 2. The van der Waals surface area contributed by atoms with Crippen LogP contribution in [-0.2, 0) is 4.79 Å². The third-order valence-electron chi connectivity index (χ3n) is 3.76. The fourth-order valence-corrected chi connectivity index (χ4v) is 4.20. The molecule has 8 heteroatoms. The minimum absolute atomic E-state index is 0.230. The van der Waals surface area contributed by atoms with Crippen molar-refractivity contribution in [1.82, 2.24) is 14.9 Å². The van der Waals surface area contributed by atoms with Gasteiger partial charge in [0.05, 0.1) is 15.9 Å². The molecule has 0 unspecified atom stereocenters. The fraction of sp³-hybridized carbons (Fsp3) is 0.167. The van der Waals surface area contributed by atoms with Crippen LogP contribution < -0.4 is 0 Å². The highest BCUT2D eigenvalue weighted by molar-refractivity contribution is 8.18. The molecule has 1 aromatic carbocycles. The van der Waals surface area contributed by atoms with Crippen molar-refractivity contribution in [2.45, 2.75) is 23.6 Å². The molecule has 0 radical (unpaired) electrons. The number of aromatic amines is 1. The van der Waals surface area contributed by atoms with E-state index in [2.05, 4.69) is 9.97 Å². The second-order valence-electron chi connectivity index (χ2n) is 5.65. The van der Waals surface area contributed by atoms with Gasteiger partial charge in [-0.25, -0.2) is 4.98 Å². The molecule has 1 aliphatic rings. The number of benzene rings is 1. The van der Waals surface area contributed by atoms with Gasteiger partial charge in [0, 0.05) is 12.6 Å². The molecule has 0 bridgehead atoms. The summed E-state index contributed by atoms with van der Waals surface area (Å²) in [6, 6.07) is 11.4. The molecule has 0 saturated carbocycles. The Morgan fingerprint density at radius 3 is 2.92 bits per heavy atom. The van der Waals surface area contributed by atoms with Crippen LogP contribution in [0.2, 0.25) is 0 Å². The summed E-state index contributed by atoms with van der Waals surface area (Å²) >= 11 is 2.32. The van der Waals surface area contributed by atoms with Gasteiger partial charge < -0.3 is 9.40 Å². The first-order valence-electron chi connectivity index (χ1n) is 8.12. The minimum Gasteiger partial charge on any atom is -0.450 e. The van der Waals surface area contributed by atoms with Gasteiger partial charge in [-0.3, -0.25) is 14.5 Å². The highest BCUT2D eigenvalue weighted by atomic mass is 32.2. The number of imide groups is 1. The topological polar surface area (TPSA) is 79.2 Å². The van der Waals surface area contributed by atoms with E-state index in [-0.39, 0.29) is 11.1 Å². The van der Waals surface area contributed by atoms with Crippen LogP contribution >= 0.6 is 23.5 Å². The zero-order valence-corrected chi connectivity index (χ0v) is 15.5. The molecule has 26 heavy (non-hydrogen) atoms. The number of nitrogens with zero attached hydrogens (tertiary/aromatic N) is 2. The molecule has 2 aromatic heterocycles. The summed E-state index contributed by atoms with van der Waals surface area (Å²) in [5.74, 6) is 0.273. The van der Waals surface area contributed by atoms with Crippen molar-refractivity contribution in [1.29, 1.82) is 0 Å². The SMILES string of the molecule is CCCN1C(=O)S/C(=C/c2ccc(Sc3nc4ccccc4[nH]3)o2)C1=O. The van der Waals surface area contributed by atoms with Gasteiger partial charge in [-0.15, -0.1) is 0 Å². The van der Waals surface area contributed by atoms with Gasteiger partial charge in [-0.05, 0) is 54.2 Å². The number of thioether (sulfide) groups is 1. The molecule has 1 saturated heterocycles. The van der Waals surface area contributed by atoms with Crippen LogP contribution in [0.15, 0.2) is 56.0 Å². The quantitative estimate of drug-likeness (QED) is 0.638. The molecule has 1 N–H and O–H groups in total. The van der Waals surface area contributed by atoms with Gasteiger partial charge in [0.2, 0.25) is 0 Å².